The van der Waals surface area contributed by atoms with Gasteiger partial charge in [-0.15, -0.1) is 0 Å². The quantitative estimate of drug-likeness (QED) is 0.433. The van der Waals surface area contributed by atoms with Gasteiger partial charge in [-0.1, -0.05) is 11.3 Å². The summed E-state index contributed by atoms with van der Waals surface area (Å²) in [5, 5.41) is 0.574. The zero-order valence-corrected chi connectivity index (χ0v) is 19.9. The SMILES string of the molecule is CCOc1ccc(OCC(=O)N(CCN(C)C)c2nc3c(OC)ccc(OC)c3s2)cc1. The van der Waals surface area contributed by atoms with Gasteiger partial charge in [0.25, 0.3) is 5.91 Å². The van der Waals surface area contributed by atoms with E-state index in [1.165, 1.54) is 11.3 Å². The first kappa shape index (κ1) is 23.6. The van der Waals surface area contributed by atoms with E-state index in [2.05, 4.69) is 0 Å². The maximum atomic E-state index is 13.1. The number of amides is 1. The second kappa shape index (κ2) is 11.0. The van der Waals surface area contributed by atoms with Crippen LogP contribution in [0.2, 0.25) is 0 Å². The molecule has 0 bridgehead atoms. The molecule has 9 heteroatoms. The second-order valence-corrected chi connectivity index (χ2v) is 8.16. The molecule has 0 unspecified atom stereocenters. The van der Waals surface area contributed by atoms with Gasteiger partial charge in [-0.2, -0.15) is 0 Å². The highest BCUT2D eigenvalue weighted by molar-refractivity contribution is 7.22. The highest BCUT2D eigenvalue weighted by Gasteiger charge is 2.23. The summed E-state index contributed by atoms with van der Waals surface area (Å²) < 4.78 is 22.9. The zero-order chi connectivity index (χ0) is 23.1. The van der Waals surface area contributed by atoms with Crippen molar-refractivity contribution in [3.05, 3.63) is 36.4 Å². The van der Waals surface area contributed by atoms with Crippen molar-refractivity contribution in [1.82, 2.24) is 9.88 Å². The third kappa shape index (κ3) is 5.60. The molecular formula is C23H29N3O5S. The molecule has 32 heavy (non-hydrogen) atoms. The lowest BCUT2D eigenvalue weighted by atomic mass is 10.3. The van der Waals surface area contributed by atoms with Crippen molar-refractivity contribution < 1.29 is 23.7 Å². The molecule has 172 valence electrons. The highest BCUT2D eigenvalue weighted by Crippen LogP contribution is 2.40. The summed E-state index contributed by atoms with van der Waals surface area (Å²) in [5.74, 6) is 2.50. The molecule has 1 amide bonds. The number of fused-ring (bicyclic) bond motifs is 1. The molecular weight excluding hydrogens is 430 g/mol. The summed E-state index contributed by atoms with van der Waals surface area (Å²) >= 11 is 1.39. The average molecular weight is 460 g/mol. The van der Waals surface area contributed by atoms with Crippen LogP contribution in [0.15, 0.2) is 36.4 Å². The molecule has 0 fully saturated rings. The van der Waals surface area contributed by atoms with Crippen molar-refractivity contribution >= 4 is 32.6 Å². The molecule has 0 spiro atoms. The first-order valence-electron chi connectivity index (χ1n) is 10.3. The van der Waals surface area contributed by atoms with Crippen molar-refractivity contribution in [2.75, 3.05) is 59.5 Å². The molecule has 2 aromatic carbocycles. The van der Waals surface area contributed by atoms with Crippen LogP contribution in [0.1, 0.15) is 6.92 Å². The molecule has 0 aliphatic rings. The van der Waals surface area contributed by atoms with Crippen LogP contribution >= 0.6 is 11.3 Å². The fraction of sp³-hybridized carbons (Fsp3) is 0.391. The Morgan fingerprint density at radius 2 is 1.56 bits per heavy atom. The zero-order valence-electron chi connectivity index (χ0n) is 19.1. The van der Waals surface area contributed by atoms with E-state index in [4.69, 9.17) is 23.9 Å². The monoisotopic (exact) mass is 459 g/mol. The number of benzene rings is 2. The maximum absolute atomic E-state index is 13.1. The van der Waals surface area contributed by atoms with Gasteiger partial charge in [-0.25, -0.2) is 4.98 Å². The van der Waals surface area contributed by atoms with E-state index in [9.17, 15) is 4.79 Å². The molecule has 0 N–H and O–H groups in total. The van der Waals surface area contributed by atoms with Crippen LogP contribution in [-0.2, 0) is 4.79 Å². The molecule has 0 saturated carbocycles. The second-order valence-electron chi connectivity index (χ2n) is 7.19. The Morgan fingerprint density at radius 1 is 0.938 bits per heavy atom. The fourth-order valence-electron chi connectivity index (χ4n) is 3.04. The van der Waals surface area contributed by atoms with Gasteiger partial charge < -0.3 is 23.8 Å². The molecule has 0 aliphatic carbocycles. The summed E-state index contributed by atoms with van der Waals surface area (Å²) in [6.07, 6.45) is 0. The van der Waals surface area contributed by atoms with Crippen LogP contribution in [0.4, 0.5) is 5.13 Å². The van der Waals surface area contributed by atoms with Gasteiger partial charge in [-0.3, -0.25) is 9.69 Å². The number of aromatic nitrogens is 1. The fourth-order valence-corrected chi connectivity index (χ4v) is 4.16. The van der Waals surface area contributed by atoms with Crippen molar-refractivity contribution in [3.8, 4) is 23.0 Å². The van der Waals surface area contributed by atoms with Crippen LogP contribution in [0.5, 0.6) is 23.0 Å². The van der Waals surface area contributed by atoms with E-state index >= 15 is 0 Å². The van der Waals surface area contributed by atoms with E-state index in [-0.39, 0.29) is 12.5 Å². The molecule has 1 heterocycles. The van der Waals surface area contributed by atoms with E-state index in [1.807, 2.05) is 50.2 Å². The molecule has 0 atom stereocenters. The largest absolute Gasteiger partial charge is 0.495 e. The van der Waals surface area contributed by atoms with Crippen molar-refractivity contribution in [3.63, 3.8) is 0 Å². The highest BCUT2D eigenvalue weighted by atomic mass is 32.1. The van der Waals surface area contributed by atoms with Crippen LogP contribution in [0, 0.1) is 0 Å². The minimum absolute atomic E-state index is 0.106. The number of rotatable bonds is 11. The van der Waals surface area contributed by atoms with Crippen LogP contribution in [0.3, 0.4) is 0 Å². The van der Waals surface area contributed by atoms with E-state index in [1.54, 1.807) is 31.3 Å². The smallest absolute Gasteiger partial charge is 0.266 e. The number of nitrogens with zero attached hydrogens (tertiary/aromatic N) is 3. The van der Waals surface area contributed by atoms with Crippen LogP contribution < -0.4 is 23.8 Å². The first-order chi connectivity index (χ1) is 15.5. The summed E-state index contributed by atoms with van der Waals surface area (Å²) in [6.45, 7) is 3.57. The van der Waals surface area contributed by atoms with Crippen molar-refractivity contribution in [1.29, 1.82) is 0 Å². The lowest BCUT2D eigenvalue weighted by Gasteiger charge is -2.22. The first-order valence-corrected chi connectivity index (χ1v) is 11.1. The Bertz CT molecular complexity index is 995. The molecule has 8 nitrogen and oxygen atoms in total. The van der Waals surface area contributed by atoms with Crippen molar-refractivity contribution in [2.24, 2.45) is 0 Å². The summed E-state index contributed by atoms with van der Waals surface area (Å²) in [7, 11) is 7.13. The lowest BCUT2D eigenvalue weighted by molar-refractivity contribution is -0.120. The number of anilines is 1. The van der Waals surface area contributed by atoms with E-state index < -0.39 is 0 Å². The predicted octanol–water partition coefficient (Wildman–Crippen LogP) is 3.69. The normalized spacial score (nSPS) is 10.9. The van der Waals surface area contributed by atoms with Gasteiger partial charge in [0.1, 0.15) is 33.2 Å². The summed E-state index contributed by atoms with van der Waals surface area (Å²) in [5.41, 5.74) is 0.668. The third-order valence-corrected chi connectivity index (χ3v) is 5.79. The minimum atomic E-state index is -0.183. The number of carbonyl (C=O) groups is 1. The van der Waals surface area contributed by atoms with Crippen LogP contribution in [-0.4, -0.2) is 70.4 Å². The number of likely N-dealkylation sites (N-methyl/N-ethyl adjacent to an activating group) is 1. The Kier molecular flexibility index (Phi) is 8.13. The topological polar surface area (TPSA) is 73.4 Å². The van der Waals surface area contributed by atoms with Gasteiger partial charge in [0.05, 0.1) is 20.8 Å². The molecule has 0 radical (unpaired) electrons. The number of methoxy groups -OCH3 is 2. The Balaban J connectivity index is 1.83. The van der Waals surface area contributed by atoms with Gasteiger partial charge in [0, 0.05) is 13.1 Å². The Hall–Kier alpha value is -3.04. The molecule has 0 saturated heterocycles. The van der Waals surface area contributed by atoms with Crippen molar-refractivity contribution in [2.45, 2.75) is 6.92 Å². The Morgan fingerprint density at radius 3 is 2.16 bits per heavy atom. The maximum Gasteiger partial charge on any atom is 0.266 e. The number of carbonyl (C=O) groups excluding carboxylic acids is 1. The molecule has 0 aliphatic heterocycles. The Labute approximate surface area is 192 Å². The van der Waals surface area contributed by atoms with E-state index in [0.717, 1.165) is 10.4 Å². The lowest BCUT2D eigenvalue weighted by Crippen LogP contribution is -2.39. The standard InChI is InChI=1S/C23H29N3O5S/c1-6-30-16-7-9-17(10-8-16)31-15-20(27)26(14-13-25(2)3)23-24-21-18(28-4)11-12-19(29-5)22(21)32-23/h7-12H,6,13-15H2,1-5H3. The van der Waals surface area contributed by atoms with Gasteiger partial charge in [0.15, 0.2) is 11.7 Å². The van der Waals surface area contributed by atoms with Gasteiger partial charge in [0.2, 0.25) is 0 Å². The minimum Gasteiger partial charge on any atom is -0.495 e. The summed E-state index contributed by atoms with van der Waals surface area (Å²) in [6, 6.07) is 10.9. The molecule has 1 aromatic heterocycles. The molecule has 3 aromatic rings. The number of hydrogen-bond donors (Lipinski definition) is 0. The summed E-state index contributed by atoms with van der Waals surface area (Å²) in [4.78, 5) is 21.5. The van der Waals surface area contributed by atoms with Gasteiger partial charge in [-0.05, 0) is 57.4 Å². The third-order valence-electron chi connectivity index (χ3n) is 4.70. The van der Waals surface area contributed by atoms with Crippen LogP contribution in [0.25, 0.3) is 10.2 Å². The number of hydrogen-bond acceptors (Lipinski definition) is 8. The predicted molar refractivity (Wildman–Crippen MR) is 127 cm³/mol. The number of thiazole rings is 1. The number of ether oxygens (including phenoxy) is 4. The average Bonchev–Trinajstić information content (AvgIpc) is 3.23. The van der Waals surface area contributed by atoms with Gasteiger partial charge >= 0.3 is 0 Å². The molecule has 3 rings (SSSR count). The van der Waals surface area contributed by atoms with E-state index in [0.29, 0.717) is 47.6 Å².